The molecule has 1 atom stereocenters. The number of carbonyl (C=O) groups is 3. The summed E-state index contributed by atoms with van der Waals surface area (Å²) in [6.45, 7) is 5.74. The highest BCUT2D eigenvalue weighted by atomic mass is 35.5. The average molecular weight is 673 g/mol. The van der Waals surface area contributed by atoms with E-state index in [0.717, 1.165) is 37.4 Å². The Morgan fingerprint density at radius 3 is 2.50 bits per heavy atom. The van der Waals surface area contributed by atoms with Gasteiger partial charge in [-0.05, 0) is 90.5 Å². The van der Waals surface area contributed by atoms with E-state index < -0.39 is 29.6 Å². The summed E-state index contributed by atoms with van der Waals surface area (Å²) in [4.78, 5) is 46.3. The summed E-state index contributed by atoms with van der Waals surface area (Å²) in [6, 6.07) is 14.1. The highest BCUT2D eigenvalue weighted by molar-refractivity contribution is 6.31. The third-order valence-electron chi connectivity index (χ3n) is 8.53. The molecule has 0 aliphatic carbocycles. The number of hydrogen-bond donors (Lipinski definition) is 1. The van der Waals surface area contributed by atoms with E-state index in [0.29, 0.717) is 23.2 Å². The zero-order chi connectivity index (χ0) is 33.8. The van der Waals surface area contributed by atoms with Crippen molar-refractivity contribution in [3.05, 3.63) is 100 Å². The van der Waals surface area contributed by atoms with Crippen LogP contribution in [0.5, 0.6) is 0 Å². The lowest BCUT2D eigenvalue weighted by Gasteiger charge is -2.40. The topological polar surface area (TPSA) is 126 Å². The molecular formula is C34H34ClFN8O4. The quantitative estimate of drug-likeness (QED) is 0.217. The molecule has 1 fully saturated rings. The van der Waals surface area contributed by atoms with Crippen molar-refractivity contribution >= 4 is 46.8 Å². The van der Waals surface area contributed by atoms with Crippen LogP contribution in [0.1, 0.15) is 40.0 Å². The van der Waals surface area contributed by atoms with E-state index in [1.54, 1.807) is 37.3 Å². The Morgan fingerprint density at radius 1 is 1.02 bits per heavy atom. The molecule has 0 bridgehead atoms. The van der Waals surface area contributed by atoms with Crippen LogP contribution in [0, 0.1) is 5.82 Å². The first-order valence-electron chi connectivity index (χ1n) is 15.6. The number of piperazine rings is 1. The van der Waals surface area contributed by atoms with Gasteiger partial charge in [0.2, 0.25) is 5.91 Å². The number of tetrazole rings is 1. The van der Waals surface area contributed by atoms with Gasteiger partial charge in [-0.3, -0.25) is 9.59 Å². The van der Waals surface area contributed by atoms with Crippen molar-refractivity contribution in [3.63, 3.8) is 0 Å². The van der Waals surface area contributed by atoms with E-state index >= 15 is 4.39 Å². The second-order valence-electron chi connectivity index (χ2n) is 11.5. The van der Waals surface area contributed by atoms with Crippen LogP contribution in [0.3, 0.4) is 0 Å². The molecule has 4 aromatic rings. The molecule has 2 amide bonds. The highest BCUT2D eigenvalue weighted by Gasteiger charge is 2.37. The molecule has 2 aliphatic heterocycles. The third kappa shape index (κ3) is 6.78. The van der Waals surface area contributed by atoms with Crippen molar-refractivity contribution in [1.82, 2.24) is 30.0 Å². The zero-order valence-corrected chi connectivity index (χ0v) is 27.2. The average Bonchev–Trinajstić information content (AvgIpc) is 3.64. The van der Waals surface area contributed by atoms with Gasteiger partial charge in [0.05, 0.1) is 22.9 Å². The normalized spacial score (nSPS) is 16.5. The zero-order valence-electron chi connectivity index (χ0n) is 26.5. The van der Waals surface area contributed by atoms with Crippen molar-refractivity contribution in [1.29, 1.82) is 0 Å². The summed E-state index contributed by atoms with van der Waals surface area (Å²) < 4.78 is 21.6. The molecule has 12 nitrogen and oxygen atoms in total. The molecule has 0 radical (unpaired) electrons. The minimum atomic E-state index is -0.994. The van der Waals surface area contributed by atoms with Crippen LogP contribution >= 0.6 is 11.6 Å². The summed E-state index contributed by atoms with van der Waals surface area (Å²) in [6.07, 6.45) is 4.38. The predicted molar refractivity (Wildman–Crippen MR) is 178 cm³/mol. The lowest BCUT2D eigenvalue weighted by atomic mass is 9.89. The second kappa shape index (κ2) is 14.3. The van der Waals surface area contributed by atoms with E-state index in [9.17, 15) is 14.4 Å². The van der Waals surface area contributed by atoms with Gasteiger partial charge in [0, 0.05) is 55.7 Å². The summed E-state index contributed by atoms with van der Waals surface area (Å²) in [5.41, 5.74) is 3.87. The van der Waals surface area contributed by atoms with Crippen LogP contribution in [0.2, 0.25) is 5.02 Å². The van der Waals surface area contributed by atoms with E-state index in [-0.39, 0.29) is 29.4 Å². The number of amides is 2. The van der Waals surface area contributed by atoms with Gasteiger partial charge in [0.1, 0.15) is 12.4 Å². The number of nitrogens with zero attached hydrogens (tertiary/aromatic N) is 7. The number of fused-ring (bicyclic) bond motifs is 1. The van der Waals surface area contributed by atoms with Gasteiger partial charge in [-0.15, -0.1) is 5.10 Å². The molecule has 3 heterocycles. The highest BCUT2D eigenvalue weighted by Crippen LogP contribution is 2.37. The summed E-state index contributed by atoms with van der Waals surface area (Å²) in [5, 5.41) is 13.9. The van der Waals surface area contributed by atoms with E-state index in [4.69, 9.17) is 16.3 Å². The van der Waals surface area contributed by atoms with Gasteiger partial charge in [-0.2, -0.15) is 4.68 Å². The Morgan fingerprint density at radius 2 is 1.79 bits per heavy atom. The van der Waals surface area contributed by atoms with Crippen molar-refractivity contribution in [3.8, 4) is 5.69 Å². The van der Waals surface area contributed by atoms with Crippen LogP contribution in [-0.2, 0) is 20.7 Å². The molecule has 2 aliphatic rings. The number of anilines is 2. The number of ether oxygens (including phenoxy) is 1. The monoisotopic (exact) mass is 672 g/mol. The van der Waals surface area contributed by atoms with Crippen molar-refractivity contribution in [2.75, 3.05) is 56.6 Å². The lowest BCUT2D eigenvalue weighted by molar-refractivity contribution is -0.135. The fraction of sp³-hybridized carbons (Fsp3) is 0.294. The lowest BCUT2D eigenvalue weighted by Crippen LogP contribution is -2.47. The van der Waals surface area contributed by atoms with Gasteiger partial charge in [0.15, 0.2) is 5.82 Å². The third-order valence-corrected chi connectivity index (χ3v) is 8.83. The fourth-order valence-electron chi connectivity index (χ4n) is 6.06. The van der Waals surface area contributed by atoms with Crippen LogP contribution < -0.4 is 10.2 Å². The fourth-order valence-corrected chi connectivity index (χ4v) is 6.23. The number of benzene rings is 3. The van der Waals surface area contributed by atoms with Gasteiger partial charge in [0.25, 0.3) is 5.91 Å². The standard InChI is InChI=1S/C34H34ClFN8O4/c1-3-48-34(47)22-7-9-23(10-8-22)38-33(46)32-25-5-4-6-28(42-19-17-41(2)18-20-42)24(25)15-16-43(32)30(45)14-11-26-29(44-21-37-39-40-44)13-12-27(35)31(26)36/h4-14,21,32H,3,15-20H2,1-2H3,(H,38,46)/b14-11+/t32-/m0/s1. The van der Waals surface area contributed by atoms with Crippen LogP contribution in [0.25, 0.3) is 11.8 Å². The largest absolute Gasteiger partial charge is 0.462 e. The second-order valence-corrected chi connectivity index (χ2v) is 11.9. The Hall–Kier alpha value is -5.14. The molecule has 6 rings (SSSR count). The Kier molecular flexibility index (Phi) is 9.78. The molecule has 1 saturated heterocycles. The Labute approximate surface area is 281 Å². The first-order valence-corrected chi connectivity index (χ1v) is 16.0. The van der Waals surface area contributed by atoms with Gasteiger partial charge in [-0.1, -0.05) is 23.7 Å². The summed E-state index contributed by atoms with van der Waals surface area (Å²) in [5.74, 6) is -2.13. The van der Waals surface area contributed by atoms with Gasteiger partial charge < -0.3 is 24.8 Å². The number of hydrogen-bond acceptors (Lipinski definition) is 9. The number of nitrogens with one attached hydrogen (secondary N) is 1. The molecule has 1 N–H and O–H groups in total. The van der Waals surface area contributed by atoms with E-state index in [1.807, 2.05) is 12.1 Å². The number of likely N-dealkylation sites (N-methyl/N-ethyl adjacent to an activating group) is 1. The smallest absolute Gasteiger partial charge is 0.338 e. The van der Waals surface area contributed by atoms with Crippen LogP contribution in [-0.4, -0.2) is 94.2 Å². The number of carbonyl (C=O) groups excluding carboxylic acids is 3. The maximum absolute atomic E-state index is 15.3. The van der Waals surface area contributed by atoms with Crippen LogP contribution in [0.15, 0.2) is 67.0 Å². The first kappa shape index (κ1) is 32.8. The summed E-state index contributed by atoms with van der Waals surface area (Å²) >= 11 is 6.09. The van der Waals surface area contributed by atoms with Crippen molar-refractivity contribution in [2.24, 2.45) is 0 Å². The molecule has 0 unspecified atom stereocenters. The number of halogens is 2. The van der Waals surface area contributed by atoms with Crippen molar-refractivity contribution in [2.45, 2.75) is 19.4 Å². The molecule has 1 aromatic heterocycles. The molecule has 248 valence electrons. The molecule has 14 heteroatoms. The molecule has 0 spiro atoms. The summed E-state index contributed by atoms with van der Waals surface area (Å²) in [7, 11) is 2.09. The SMILES string of the molecule is CCOC(=O)c1ccc(NC(=O)[C@@H]2c3cccc(N4CCN(C)CC4)c3CCN2C(=O)/C=C/c2c(-n3cnnn3)ccc(Cl)c2F)cc1. The predicted octanol–water partition coefficient (Wildman–Crippen LogP) is 4.16. The minimum Gasteiger partial charge on any atom is -0.462 e. The maximum Gasteiger partial charge on any atom is 0.338 e. The first-order chi connectivity index (χ1) is 23.2. The van der Waals surface area contributed by atoms with Gasteiger partial charge >= 0.3 is 5.97 Å². The number of esters is 1. The Balaban J connectivity index is 1.33. The molecule has 48 heavy (non-hydrogen) atoms. The molecule has 0 saturated carbocycles. The van der Waals surface area contributed by atoms with E-state index in [2.05, 4.69) is 43.8 Å². The van der Waals surface area contributed by atoms with E-state index in [1.165, 1.54) is 34.1 Å². The minimum absolute atomic E-state index is 0.0144. The molecular weight excluding hydrogens is 639 g/mol. The Bertz CT molecular complexity index is 1840. The number of rotatable bonds is 8. The van der Waals surface area contributed by atoms with Crippen LogP contribution in [0.4, 0.5) is 15.8 Å². The molecule has 3 aromatic carbocycles. The van der Waals surface area contributed by atoms with Crippen molar-refractivity contribution < 1.29 is 23.5 Å². The van der Waals surface area contributed by atoms with Gasteiger partial charge in [-0.25, -0.2) is 9.18 Å². The maximum atomic E-state index is 15.3. The number of aromatic nitrogens is 4.